The van der Waals surface area contributed by atoms with Gasteiger partial charge in [-0.15, -0.1) is 0 Å². The fraction of sp³-hybridized carbons (Fsp3) is 0.700. The van der Waals surface area contributed by atoms with Gasteiger partial charge in [-0.2, -0.15) is 0 Å². The van der Waals surface area contributed by atoms with Crippen LogP contribution in [0.5, 0.6) is 0 Å². The van der Waals surface area contributed by atoms with Crippen LogP contribution >= 0.6 is 0 Å². The second-order valence-corrected chi connectivity index (χ2v) is 4.00. The number of hydrogen-bond acceptors (Lipinski definition) is 4. The molecular weight excluding hydrogens is 242 g/mol. The monoisotopic (exact) mass is 259 g/mol. The fourth-order valence-electron chi connectivity index (χ4n) is 1.60. The van der Waals surface area contributed by atoms with E-state index < -0.39 is 18.0 Å². The first-order valence-electron chi connectivity index (χ1n) is 5.58. The minimum Gasteiger partial charge on any atom is -0.480 e. The highest BCUT2D eigenvalue weighted by Crippen LogP contribution is 2.04. The summed E-state index contributed by atoms with van der Waals surface area (Å²) in [4.78, 5) is 33.1. The Morgan fingerprint density at radius 3 is 2.83 bits per heavy atom. The minimum absolute atomic E-state index is 0.0370. The van der Waals surface area contributed by atoms with Crippen molar-refractivity contribution in [3.05, 3.63) is 0 Å². The van der Waals surface area contributed by atoms with E-state index in [4.69, 9.17) is 5.11 Å². The lowest BCUT2D eigenvalue weighted by molar-refractivity contribution is -0.140. The van der Waals surface area contributed by atoms with Gasteiger partial charge in [-0.05, 0) is 6.42 Å². The quantitative estimate of drug-likeness (QED) is 0.471. The summed E-state index contributed by atoms with van der Waals surface area (Å²) in [7, 11) is 1.35. The minimum atomic E-state index is -1.17. The first kappa shape index (κ1) is 14.2. The number of urea groups is 1. The molecule has 1 aliphatic heterocycles. The van der Waals surface area contributed by atoms with Crippen LogP contribution in [0.3, 0.4) is 0 Å². The molecule has 1 aliphatic rings. The van der Waals surface area contributed by atoms with Crippen LogP contribution in [0.15, 0.2) is 0 Å². The van der Waals surface area contributed by atoms with Gasteiger partial charge in [-0.3, -0.25) is 4.79 Å². The van der Waals surface area contributed by atoms with E-state index in [-0.39, 0.29) is 25.1 Å². The molecular formula is C10H17N3O5. The molecule has 1 heterocycles. The Hall–Kier alpha value is -1.83. The smallest absolute Gasteiger partial charge is 0.328 e. The lowest BCUT2D eigenvalue weighted by Gasteiger charge is -2.16. The summed E-state index contributed by atoms with van der Waals surface area (Å²) < 4.78 is 4.68. The maximum atomic E-state index is 11.4. The Morgan fingerprint density at radius 2 is 2.33 bits per heavy atom. The highest BCUT2D eigenvalue weighted by atomic mass is 16.5. The molecule has 0 aliphatic carbocycles. The summed E-state index contributed by atoms with van der Waals surface area (Å²) in [6, 6.07) is -1.78. The van der Waals surface area contributed by atoms with E-state index in [0.29, 0.717) is 12.8 Å². The third-order valence-electron chi connectivity index (χ3n) is 2.53. The highest BCUT2D eigenvalue weighted by molar-refractivity contribution is 5.83. The van der Waals surface area contributed by atoms with Crippen molar-refractivity contribution in [3.63, 3.8) is 0 Å². The summed E-state index contributed by atoms with van der Waals surface area (Å²) in [6.07, 6.45) is 1.12. The van der Waals surface area contributed by atoms with Crippen molar-refractivity contribution < 1.29 is 24.2 Å². The summed E-state index contributed by atoms with van der Waals surface area (Å²) in [5, 5.41) is 16.2. The number of carbonyl (C=O) groups excluding carboxylic acids is 2. The van der Waals surface area contributed by atoms with Gasteiger partial charge in [-0.1, -0.05) is 0 Å². The molecule has 3 amide bonds. The van der Waals surface area contributed by atoms with Crippen LogP contribution in [0.4, 0.5) is 4.79 Å². The Labute approximate surface area is 104 Å². The number of nitrogens with one attached hydrogen (secondary N) is 3. The van der Waals surface area contributed by atoms with Gasteiger partial charge in [0.15, 0.2) is 6.04 Å². The second-order valence-electron chi connectivity index (χ2n) is 4.00. The molecule has 1 saturated heterocycles. The number of carboxylic acids is 1. The molecule has 0 saturated carbocycles. The van der Waals surface area contributed by atoms with Crippen LogP contribution in [-0.2, 0) is 14.3 Å². The molecule has 2 unspecified atom stereocenters. The zero-order valence-electron chi connectivity index (χ0n) is 10.1. The number of hydrogen-bond donors (Lipinski definition) is 4. The van der Waals surface area contributed by atoms with Crippen molar-refractivity contribution in [2.75, 3.05) is 20.3 Å². The number of ether oxygens (including phenoxy) is 1. The SMILES string of the molecule is COCC(NC(=O)NCC1CCC(=O)N1)C(=O)O. The van der Waals surface area contributed by atoms with Crippen LogP contribution in [-0.4, -0.2) is 55.4 Å². The lowest BCUT2D eigenvalue weighted by Crippen LogP contribution is -2.50. The molecule has 8 heteroatoms. The molecule has 0 aromatic carbocycles. The number of aliphatic carboxylic acids is 1. The van der Waals surface area contributed by atoms with E-state index in [1.807, 2.05) is 0 Å². The molecule has 4 N–H and O–H groups in total. The predicted octanol–water partition coefficient (Wildman–Crippen LogP) is -1.34. The van der Waals surface area contributed by atoms with E-state index in [1.54, 1.807) is 0 Å². The molecule has 0 aromatic heterocycles. The van der Waals surface area contributed by atoms with Crippen LogP contribution in [0, 0.1) is 0 Å². The Bertz CT molecular complexity index is 333. The van der Waals surface area contributed by atoms with Crippen LogP contribution in [0.25, 0.3) is 0 Å². The van der Waals surface area contributed by atoms with Crippen molar-refractivity contribution in [2.45, 2.75) is 24.9 Å². The molecule has 8 nitrogen and oxygen atoms in total. The molecule has 0 spiro atoms. The van der Waals surface area contributed by atoms with Gasteiger partial charge in [0.1, 0.15) is 0 Å². The average molecular weight is 259 g/mol. The maximum absolute atomic E-state index is 11.4. The molecule has 1 fully saturated rings. The number of rotatable bonds is 6. The van der Waals surface area contributed by atoms with Crippen molar-refractivity contribution in [1.82, 2.24) is 16.0 Å². The fourth-order valence-corrected chi connectivity index (χ4v) is 1.60. The van der Waals surface area contributed by atoms with Crippen LogP contribution in [0.2, 0.25) is 0 Å². The largest absolute Gasteiger partial charge is 0.480 e. The average Bonchev–Trinajstić information content (AvgIpc) is 2.72. The summed E-state index contributed by atoms with van der Waals surface area (Å²) >= 11 is 0. The van der Waals surface area contributed by atoms with Crippen molar-refractivity contribution in [1.29, 1.82) is 0 Å². The number of carbonyl (C=O) groups is 3. The molecule has 18 heavy (non-hydrogen) atoms. The molecule has 102 valence electrons. The van der Waals surface area contributed by atoms with Crippen LogP contribution < -0.4 is 16.0 Å². The topological polar surface area (TPSA) is 117 Å². The van der Waals surface area contributed by atoms with E-state index in [0.717, 1.165) is 0 Å². The zero-order chi connectivity index (χ0) is 13.5. The van der Waals surface area contributed by atoms with Gasteiger partial charge in [0.25, 0.3) is 0 Å². The third-order valence-corrected chi connectivity index (χ3v) is 2.53. The maximum Gasteiger partial charge on any atom is 0.328 e. The lowest BCUT2D eigenvalue weighted by atomic mass is 10.2. The standard InChI is InChI=1S/C10H17N3O5/c1-18-5-7(9(15)16)13-10(17)11-4-6-2-3-8(14)12-6/h6-7H,2-5H2,1H3,(H,12,14)(H,15,16)(H2,11,13,17). The molecule has 0 bridgehead atoms. The van der Waals surface area contributed by atoms with Gasteiger partial charge in [0, 0.05) is 26.1 Å². The number of methoxy groups -OCH3 is 1. The first-order chi connectivity index (χ1) is 8.52. The Balaban J connectivity index is 2.27. The van der Waals surface area contributed by atoms with Crippen molar-refractivity contribution >= 4 is 17.9 Å². The third kappa shape index (κ3) is 4.58. The van der Waals surface area contributed by atoms with E-state index in [1.165, 1.54) is 7.11 Å². The normalized spacial score (nSPS) is 20.1. The molecule has 2 atom stereocenters. The molecule has 0 radical (unpaired) electrons. The number of carboxylic acid groups (broad SMARTS) is 1. The zero-order valence-corrected chi connectivity index (χ0v) is 10.1. The summed E-state index contributed by atoms with van der Waals surface area (Å²) in [6.45, 7) is 0.166. The highest BCUT2D eigenvalue weighted by Gasteiger charge is 2.23. The van der Waals surface area contributed by atoms with Crippen molar-refractivity contribution in [3.8, 4) is 0 Å². The molecule has 1 rings (SSSR count). The van der Waals surface area contributed by atoms with Gasteiger partial charge in [-0.25, -0.2) is 9.59 Å². The van der Waals surface area contributed by atoms with Gasteiger partial charge in [0.05, 0.1) is 6.61 Å². The number of amides is 3. The van der Waals surface area contributed by atoms with Gasteiger partial charge < -0.3 is 25.8 Å². The summed E-state index contributed by atoms with van der Waals surface area (Å²) in [5.74, 6) is -1.20. The second kappa shape index (κ2) is 6.80. The predicted molar refractivity (Wildman–Crippen MR) is 61.0 cm³/mol. The molecule has 0 aromatic rings. The van der Waals surface area contributed by atoms with Gasteiger partial charge >= 0.3 is 12.0 Å². The summed E-state index contributed by atoms with van der Waals surface area (Å²) in [5.41, 5.74) is 0. The first-order valence-corrected chi connectivity index (χ1v) is 5.58. The van der Waals surface area contributed by atoms with E-state index in [9.17, 15) is 14.4 Å². The van der Waals surface area contributed by atoms with Crippen LogP contribution in [0.1, 0.15) is 12.8 Å². The Kier molecular flexibility index (Phi) is 5.37. The van der Waals surface area contributed by atoms with Gasteiger partial charge in [0.2, 0.25) is 5.91 Å². The Morgan fingerprint density at radius 1 is 1.61 bits per heavy atom. The van der Waals surface area contributed by atoms with E-state index >= 15 is 0 Å². The van der Waals surface area contributed by atoms with Crippen molar-refractivity contribution in [2.24, 2.45) is 0 Å². The van der Waals surface area contributed by atoms with E-state index in [2.05, 4.69) is 20.7 Å².